The second-order valence-corrected chi connectivity index (χ2v) is 6.24. The van der Waals surface area contributed by atoms with E-state index in [4.69, 9.17) is 0 Å². The Hall–Kier alpha value is -2.46. The molecule has 3 nitrogen and oxygen atoms in total. The summed E-state index contributed by atoms with van der Waals surface area (Å²) in [6, 6.07) is 16.3. The second kappa shape index (κ2) is 6.54. The molecule has 2 heterocycles. The Morgan fingerprint density at radius 3 is 2.73 bits per heavy atom. The summed E-state index contributed by atoms with van der Waals surface area (Å²) in [7, 11) is 1.80. The Bertz CT molecular complexity index is 799. The van der Waals surface area contributed by atoms with Crippen molar-refractivity contribution in [1.29, 1.82) is 0 Å². The normalized spacial score (nSPS) is 11.1. The Kier molecular flexibility index (Phi) is 4.30. The molecule has 0 saturated carbocycles. The van der Waals surface area contributed by atoms with Gasteiger partial charge in [0, 0.05) is 29.4 Å². The number of hydrogen-bond donors (Lipinski definition) is 0. The summed E-state index contributed by atoms with van der Waals surface area (Å²) < 4.78 is 1.63. The first-order valence-corrected chi connectivity index (χ1v) is 7.87. The standard InChI is InChI=1S/C18H16N2OS/c1-20-12-11-17(19-20)18(21)10-9-15-7-8-16(22-15)13-14-5-3-2-4-6-14/h2-12H,13H2,1H3/b10-9+. The molecule has 0 radical (unpaired) electrons. The summed E-state index contributed by atoms with van der Waals surface area (Å²) in [6.07, 6.45) is 6.13. The fourth-order valence-electron chi connectivity index (χ4n) is 2.17. The Morgan fingerprint density at radius 1 is 1.18 bits per heavy atom. The molecule has 1 aromatic carbocycles. The minimum atomic E-state index is -0.0707. The van der Waals surface area contributed by atoms with Gasteiger partial charge in [0.25, 0.3) is 0 Å². The molecule has 0 aliphatic heterocycles. The maximum Gasteiger partial charge on any atom is 0.206 e. The van der Waals surface area contributed by atoms with E-state index in [1.807, 2.05) is 18.2 Å². The van der Waals surface area contributed by atoms with Crippen molar-refractivity contribution in [3.05, 3.63) is 81.8 Å². The Labute approximate surface area is 133 Å². The monoisotopic (exact) mass is 308 g/mol. The predicted molar refractivity (Wildman–Crippen MR) is 90.1 cm³/mol. The predicted octanol–water partition coefficient (Wildman–Crippen LogP) is 3.97. The molecule has 3 aromatic rings. The number of benzene rings is 1. The van der Waals surface area contributed by atoms with Crippen LogP contribution in [-0.4, -0.2) is 15.6 Å². The van der Waals surface area contributed by atoms with Crippen LogP contribution in [0.2, 0.25) is 0 Å². The average molecular weight is 308 g/mol. The zero-order valence-electron chi connectivity index (χ0n) is 12.3. The van der Waals surface area contributed by atoms with Crippen molar-refractivity contribution in [3.63, 3.8) is 0 Å². The number of rotatable bonds is 5. The maximum absolute atomic E-state index is 12.0. The van der Waals surface area contributed by atoms with Crippen LogP contribution in [-0.2, 0) is 13.5 Å². The molecule has 3 rings (SSSR count). The molecule has 2 aromatic heterocycles. The number of hydrogen-bond acceptors (Lipinski definition) is 3. The summed E-state index contributed by atoms with van der Waals surface area (Å²) in [5, 5.41) is 4.10. The highest BCUT2D eigenvalue weighted by Gasteiger charge is 2.05. The molecule has 110 valence electrons. The maximum atomic E-state index is 12.0. The molecule has 0 fully saturated rings. The lowest BCUT2D eigenvalue weighted by atomic mass is 10.1. The zero-order chi connectivity index (χ0) is 15.4. The molecule has 0 aliphatic carbocycles. The molecule has 4 heteroatoms. The lowest BCUT2D eigenvalue weighted by Crippen LogP contribution is -1.97. The third kappa shape index (κ3) is 3.59. The lowest BCUT2D eigenvalue weighted by Gasteiger charge is -1.96. The van der Waals surface area contributed by atoms with Crippen molar-refractivity contribution in [3.8, 4) is 0 Å². The van der Waals surface area contributed by atoms with Crippen LogP contribution in [0.15, 0.2) is 60.8 Å². The number of allylic oxidation sites excluding steroid dienone is 1. The zero-order valence-corrected chi connectivity index (χ0v) is 13.1. The topological polar surface area (TPSA) is 34.9 Å². The summed E-state index contributed by atoms with van der Waals surface area (Å²) in [5.74, 6) is -0.0707. The third-order valence-electron chi connectivity index (χ3n) is 3.27. The van der Waals surface area contributed by atoms with Crippen LogP contribution in [0.4, 0.5) is 0 Å². The van der Waals surface area contributed by atoms with Gasteiger partial charge in [0.1, 0.15) is 5.69 Å². The molecule has 0 unspecified atom stereocenters. The van der Waals surface area contributed by atoms with E-state index >= 15 is 0 Å². The number of carbonyl (C=O) groups is 1. The van der Waals surface area contributed by atoms with Crippen LogP contribution >= 0.6 is 11.3 Å². The quantitative estimate of drug-likeness (QED) is 0.528. The van der Waals surface area contributed by atoms with E-state index in [1.165, 1.54) is 10.4 Å². The third-order valence-corrected chi connectivity index (χ3v) is 4.32. The first-order chi connectivity index (χ1) is 10.7. The first kappa shape index (κ1) is 14.5. The summed E-state index contributed by atoms with van der Waals surface area (Å²) in [6.45, 7) is 0. The van der Waals surface area contributed by atoms with Crippen LogP contribution in [0, 0.1) is 0 Å². The van der Waals surface area contributed by atoms with Crippen molar-refractivity contribution in [2.75, 3.05) is 0 Å². The van der Waals surface area contributed by atoms with Gasteiger partial charge in [0.15, 0.2) is 0 Å². The van der Waals surface area contributed by atoms with E-state index in [-0.39, 0.29) is 5.78 Å². The average Bonchev–Trinajstić information content (AvgIpc) is 3.15. The highest BCUT2D eigenvalue weighted by Crippen LogP contribution is 2.21. The van der Waals surface area contributed by atoms with Gasteiger partial charge in [-0.1, -0.05) is 30.3 Å². The highest BCUT2D eigenvalue weighted by atomic mass is 32.1. The largest absolute Gasteiger partial charge is 0.287 e. The minimum absolute atomic E-state index is 0.0707. The van der Waals surface area contributed by atoms with Crippen LogP contribution in [0.1, 0.15) is 25.8 Å². The molecule has 0 N–H and O–H groups in total. The summed E-state index contributed by atoms with van der Waals surface area (Å²) in [4.78, 5) is 14.3. The van der Waals surface area contributed by atoms with Crippen molar-refractivity contribution in [1.82, 2.24) is 9.78 Å². The fourth-order valence-corrected chi connectivity index (χ4v) is 3.12. The van der Waals surface area contributed by atoms with Crippen LogP contribution < -0.4 is 0 Å². The number of carbonyl (C=O) groups excluding carboxylic acids is 1. The van der Waals surface area contributed by atoms with E-state index in [9.17, 15) is 4.79 Å². The molecule has 0 atom stereocenters. The van der Waals surface area contributed by atoms with Crippen LogP contribution in [0.5, 0.6) is 0 Å². The SMILES string of the molecule is Cn1ccc(C(=O)/C=C/c2ccc(Cc3ccccc3)s2)n1. The van der Waals surface area contributed by atoms with Gasteiger partial charge in [-0.15, -0.1) is 11.3 Å². The number of nitrogens with zero attached hydrogens (tertiary/aromatic N) is 2. The number of aryl methyl sites for hydroxylation is 1. The Morgan fingerprint density at radius 2 is 2.00 bits per heavy atom. The van der Waals surface area contributed by atoms with Crippen molar-refractivity contribution >= 4 is 23.2 Å². The van der Waals surface area contributed by atoms with E-state index in [0.29, 0.717) is 5.69 Å². The van der Waals surface area contributed by atoms with E-state index in [2.05, 4.69) is 35.4 Å². The van der Waals surface area contributed by atoms with Gasteiger partial charge in [0.2, 0.25) is 5.78 Å². The molecule has 0 aliphatic rings. The molecule has 0 amide bonds. The molecule has 0 saturated heterocycles. The minimum Gasteiger partial charge on any atom is -0.287 e. The molecule has 0 spiro atoms. The molecule has 22 heavy (non-hydrogen) atoms. The van der Waals surface area contributed by atoms with Gasteiger partial charge >= 0.3 is 0 Å². The summed E-state index contributed by atoms with van der Waals surface area (Å²) in [5.41, 5.74) is 1.77. The van der Waals surface area contributed by atoms with Crippen molar-refractivity contribution in [2.45, 2.75) is 6.42 Å². The molecular weight excluding hydrogens is 292 g/mol. The first-order valence-electron chi connectivity index (χ1n) is 7.05. The highest BCUT2D eigenvalue weighted by molar-refractivity contribution is 7.12. The fraction of sp³-hybridized carbons (Fsp3) is 0.111. The van der Waals surface area contributed by atoms with Crippen molar-refractivity contribution < 1.29 is 4.79 Å². The van der Waals surface area contributed by atoms with E-state index < -0.39 is 0 Å². The molecule has 0 bridgehead atoms. The van der Waals surface area contributed by atoms with Gasteiger partial charge in [0.05, 0.1) is 0 Å². The second-order valence-electron chi connectivity index (χ2n) is 5.04. The van der Waals surface area contributed by atoms with Crippen LogP contribution in [0.3, 0.4) is 0 Å². The van der Waals surface area contributed by atoms with Gasteiger partial charge < -0.3 is 0 Å². The van der Waals surface area contributed by atoms with Gasteiger partial charge in [-0.2, -0.15) is 5.10 Å². The lowest BCUT2D eigenvalue weighted by molar-refractivity contribution is 0.104. The van der Waals surface area contributed by atoms with Gasteiger partial charge in [-0.25, -0.2) is 0 Å². The Balaban J connectivity index is 1.66. The van der Waals surface area contributed by atoms with E-state index in [0.717, 1.165) is 11.3 Å². The molecular formula is C18H16N2OS. The smallest absolute Gasteiger partial charge is 0.206 e. The summed E-state index contributed by atoms with van der Waals surface area (Å²) >= 11 is 1.71. The number of ketones is 1. The van der Waals surface area contributed by atoms with Gasteiger partial charge in [-0.3, -0.25) is 9.48 Å². The number of thiophene rings is 1. The van der Waals surface area contributed by atoms with E-state index in [1.54, 1.807) is 41.4 Å². The van der Waals surface area contributed by atoms with Gasteiger partial charge in [-0.05, 0) is 35.9 Å². The van der Waals surface area contributed by atoms with Crippen molar-refractivity contribution in [2.24, 2.45) is 7.05 Å². The number of aromatic nitrogens is 2. The van der Waals surface area contributed by atoms with Crippen LogP contribution in [0.25, 0.3) is 6.08 Å².